The Balaban J connectivity index is 1.46. The predicted octanol–water partition coefficient (Wildman–Crippen LogP) is 2.46. The van der Waals surface area contributed by atoms with Gasteiger partial charge in [0.15, 0.2) is 0 Å². The first-order valence-corrected chi connectivity index (χ1v) is 8.20. The number of fused-ring (bicyclic) bond motifs is 1. The number of ether oxygens (including phenoxy) is 1. The summed E-state index contributed by atoms with van der Waals surface area (Å²) in [6, 6.07) is 15.0. The van der Waals surface area contributed by atoms with Gasteiger partial charge in [-0.2, -0.15) is 0 Å². The Morgan fingerprint density at radius 1 is 1.20 bits per heavy atom. The lowest BCUT2D eigenvalue weighted by atomic mass is 10.2. The maximum absolute atomic E-state index is 12.1. The van der Waals surface area contributed by atoms with Crippen molar-refractivity contribution in [3.05, 3.63) is 60.4 Å². The standard InChI is InChI=1S/C19H17N3O3/c23-18-10-7-14(21-18)11-25-19(24)13-5-8-15(9-6-13)22-12-20-16-3-1-2-4-17(16)22/h1-6,8-9,12,14H,7,10-11H2,(H,21,23). The van der Waals surface area contributed by atoms with Gasteiger partial charge >= 0.3 is 5.97 Å². The Labute approximate surface area is 144 Å². The van der Waals surface area contributed by atoms with Crippen molar-refractivity contribution in [2.75, 3.05) is 6.61 Å². The van der Waals surface area contributed by atoms with Crippen LogP contribution in [0.5, 0.6) is 0 Å². The summed E-state index contributed by atoms with van der Waals surface area (Å²) in [5, 5.41) is 2.78. The van der Waals surface area contributed by atoms with Crippen molar-refractivity contribution < 1.29 is 14.3 Å². The molecule has 6 heteroatoms. The molecule has 0 bridgehead atoms. The molecule has 2 heterocycles. The number of amides is 1. The molecule has 3 aromatic rings. The lowest BCUT2D eigenvalue weighted by Crippen LogP contribution is -2.30. The van der Waals surface area contributed by atoms with Crippen molar-refractivity contribution in [1.29, 1.82) is 0 Å². The number of carbonyl (C=O) groups is 2. The van der Waals surface area contributed by atoms with E-state index in [2.05, 4.69) is 10.3 Å². The summed E-state index contributed by atoms with van der Waals surface area (Å²) in [7, 11) is 0. The second-order valence-electron chi connectivity index (χ2n) is 6.05. The van der Waals surface area contributed by atoms with Crippen molar-refractivity contribution in [2.45, 2.75) is 18.9 Å². The number of rotatable bonds is 4. The molecule has 1 aliphatic rings. The fourth-order valence-electron chi connectivity index (χ4n) is 2.98. The number of esters is 1. The molecule has 1 atom stereocenters. The summed E-state index contributed by atoms with van der Waals surface area (Å²) in [6.45, 7) is 0.207. The number of benzene rings is 2. The normalized spacial score (nSPS) is 16.8. The topological polar surface area (TPSA) is 73.2 Å². The average Bonchev–Trinajstić information content (AvgIpc) is 3.26. The third kappa shape index (κ3) is 3.10. The zero-order valence-electron chi connectivity index (χ0n) is 13.5. The van der Waals surface area contributed by atoms with Gasteiger partial charge in [-0.15, -0.1) is 0 Å². The Kier molecular flexibility index (Phi) is 3.93. The number of nitrogens with zero attached hydrogens (tertiary/aromatic N) is 2. The third-order valence-electron chi connectivity index (χ3n) is 4.34. The van der Waals surface area contributed by atoms with Crippen LogP contribution in [0.25, 0.3) is 16.7 Å². The Bertz CT molecular complexity index is 930. The summed E-state index contributed by atoms with van der Waals surface area (Å²) in [5.74, 6) is -0.374. The quantitative estimate of drug-likeness (QED) is 0.743. The fourth-order valence-corrected chi connectivity index (χ4v) is 2.98. The van der Waals surface area contributed by atoms with E-state index in [0.29, 0.717) is 18.4 Å². The second kappa shape index (κ2) is 6.39. The van der Waals surface area contributed by atoms with E-state index in [-0.39, 0.29) is 24.5 Å². The van der Waals surface area contributed by atoms with E-state index in [9.17, 15) is 9.59 Å². The first-order valence-electron chi connectivity index (χ1n) is 8.20. The summed E-state index contributed by atoms with van der Waals surface area (Å²) in [4.78, 5) is 27.7. The van der Waals surface area contributed by atoms with Crippen molar-refractivity contribution >= 4 is 22.9 Å². The van der Waals surface area contributed by atoms with E-state index in [1.165, 1.54) is 0 Å². The fraction of sp³-hybridized carbons (Fsp3) is 0.211. The molecule has 2 aromatic carbocycles. The zero-order chi connectivity index (χ0) is 17.2. The van der Waals surface area contributed by atoms with Gasteiger partial charge in [0.2, 0.25) is 5.91 Å². The monoisotopic (exact) mass is 335 g/mol. The number of carbonyl (C=O) groups excluding carboxylic acids is 2. The van der Waals surface area contributed by atoms with E-state index >= 15 is 0 Å². The molecule has 1 unspecified atom stereocenters. The zero-order valence-corrected chi connectivity index (χ0v) is 13.5. The molecule has 6 nitrogen and oxygen atoms in total. The molecule has 1 aliphatic heterocycles. The minimum absolute atomic E-state index is 0.0120. The van der Waals surface area contributed by atoms with E-state index in [1.807, 2.05) is 41.0 Å². The molecule has 126 valence electrons. The SMILES string of the molecule is O=C1CCC(COC(=O)c2ccc(-n3cnc4ccccc43)cc2)N1. The van der Waals surface area contributed by atoms with E-state index in [0.717, 1.165) is 16.7 Å². The number of hydrogen-bond donors (Lipinski definition) is 1. The van der Waals surface area contributed by atoms with E-state index in [4.69, 9.17) is 4.74 Å². The molecule has 25 heavy (non-hydrogen) atoms. The highest BCUT2D eigenvalue weighted by atomic mass is 16.5. The largest absolute Gasteiger partial charge is 0.460 e. The predicted molar refractivity (Wildman–Crippen MR) is 92.5 cm³/mol. The van der Waals surface area contributed by atoms with Crippen molar-refractivity contribution in [1.82, 2.24) is 14.9 Å². The van der Waals surface area contributed by atoms with Gasteiger partial charge in [0.25, 0.3) is 0 Å². The molecule has 0 aliphatic carbocycles. The van der Waals surface area contributed by atoms with Gasteiger partial charge in [-0.25, -0.2) is 9.78 Å². The van der Waals surface area contributed by atoms with Crippen LogP contribution < -0.4 is 5.32 Å². The smallest absolute Gasteiger partial charge is 0.338 e. The number of imidazole rings is 1. The first kappa shape index (κ1) is 15.4. The average molecular weight is 335 g/mol. The van der Waals surface area contributed by atoms with Crippen LogP contribution in [0.3, 0.4) is 0 Å². The molecule has 1 saturated heterocycles. The molecule has 0 saturated carbocycles. The second-order valence-corrected chi connectivity index (χ2v) is 6.05. The van der Waals surface area contributed by atoms with Crippen LogP contribution in [0, 0.1) is 0 Å². The highest BCUT2D eigenvalue weighted by Crippen LogP contribution is 2.18. The summed E-state index contributed by atoms with van der Waals surface area (Å²) >= 11 is 0. The minimum atomic E-state index is -0.386. The molecule has 4 rings (SSSR count). The Morgan fingerprint density at radius 3 is 2.76 bits per heavy atom. The minimum Gasteiger partial charge on any atom is -0.460 e. The molecule has 1 fully saturated rings. The maximum atomic E-state index is 12.1. The van der Waals surface area contributed by atoms with E-state index in [1.54, 1.807) is 18.5 Å². The Morgan fingerprint density at radius 2 is 2.00 bits per heavy atom. The van der Waals surface area contributed by atoms with Gasteiger partial charge in [0.1, 0.15) is 12.9 Å². The van der Waals surface area contributed by atoms with Crippen molar-refractivity contribution in [3.8, 4) is 5.69 Å². The molecule has 0 radical (unpaired) electrons. The first-order chi connectivity index (χ1) is 12.2. The number of nitrogens with one attached hydrogen (secondary N) is 1. The molecule has 1 aromatic heterocycles. The van der Waals surface area contributed by atoms with Gasteiger partial charge in [-0.05, 0) is 42.8 Å². The van der Waals surface area contributed by atoms with Crippen LogP contribution in [0.15, 0.2) is 54.9 Å². The van der Waals surface area contributed by atoms with Crippen molar-refractivity contribution in [3.63, 3.8) is 0 Å². The highest BCUT2D eigenvalue weighted by Gasteiger charge is 2.22. The third-order valence-corrected chi connectivity index (χ3v) is 4.34. The maximum Gasteiger partial charge on any atom is 0.338 e. The number of hydrogen-bond acceptors (Lipinski definition) is 4. The van der Waals surface area contributed by atoms with Crippen LogP contribution >= 0.6 is 0 Å². The lowest BCUT2D eigenvalue weighted by molar-refractivity contribution is -0.119. The summed E-state index contributed by atoms with van der Waals surface area (Å²) < 4.78 is 7.26. The van der Waals surface area contributed by atoms with Gasteiger partial charge in [0, 0.05) is 12.1 Å². The molecule has 1 N–H and O–H groups in total. The lowest BCUT2D eigenvalue weighted by Gasteiger charge is -2.11. The highest BCUT2D eigenvalue weighted by molar-refractivity contribution is 5.90. The summed E-state index contributed by atoms with van der Waals surface area (Å²) in [5.41, 5.74) is 3.34. The summed E-state index contributed by atoms with van der Waals surface area (Å²) in [6.07, 6.45) is 2.97. The van der Waals surface area contributed by atoms with Gasteiger partial charge in [-0.1, -0.05) is 12.1 Å². The van der Waals surface area contributed by atoms with Crippen LogP contribution in [0.2, 0.25) is 0 Å². The van der Waals surface area contributed by atoms with E-state index < -0.39 is 0 Å². The van der Waals surface area contributed by atoms with Gasteiger partial charge in [0.05, 0.1) is 22.6 Å². The number of para-hydroxylation sites is 2. The van der Waals surface area contributed by atoms with Gasteiger partial charge < -0.3 is 10.1 Å². The molecular formula is C19H17N3O3. The van der Waals surface area contributed by atoms with Gasteiger partial charge in [-0.3, -0.25) is 9.36 Å². The number of aromatic nitrogens is 2. The van der Waals surface area contributed by atoms with Crippen LogP contribution in [0.1, 0.15) is 23.2 Å². The van der Waals surface area contributed by atoms with Crippen LogP contribution in [-0.4, -0.2) is 34.1 Å². The molecule has 1 amide bonds. The van der Waals surface area contributed by atoms with Crippen molar-refractivity contribution in [2.24, 2.45) is 0 Å². The van der Waals surface area contributed by atoms with Crippen LogP contribution in [0.4, 0.5) is 0 Å². The molecular weight excluding hydrogens is 318 g/mol. The Hall–Kier alpha value is -3.15. The molecule has 0 spiro atoms. The van der Waals surface area contributed by atoms with Crippen LogP contribution in [-0.2, 0) is 9.53 Å².